The van der Waals surface area contributed by atoms with Crippen LogP contribution in [0, 0.1) is 0 Å². The Morgan fingerprint density at radius 3 is 2.54 bits per heavy atom. The molecule has 1 unspecified atom stereocenters. The van der Waals surface area contributed by atoms with Crippen molar-refractivity contribution in [1.82, 2.24) is 0 Å². The van der Waals surface area contributed by atoms with Gasteiger partial charge in [0, 0.05) is 34.1 Å². The Kier molecular flexibility index (Phi) is 2.70. The molecule has 0 aromatic heterocycles. The molecule has 2 nitrogen and oxygen atoms in total. The summed E-state index contributed by atoms with van der Waals surface area (Å²) in [5.74, 6) is 0.141. The van der Waals surface area contributed by atoms with E-state index in [2.05, 4.69) is 0 Å². The molecule has 0 aliphatic heterocycles. The van der Waals surface area contributed by atoms with Crippen molar-refractivity contribution < 1.29 is 32.6 Å². The zero-order chi connectivity index (χ0) is 9.42. The molecule has 1 aliphatic carbocycles. The predicted molar refractivity (Wildman–Crippen MR) is 47.0 cm³/mol. The number of aromatic hydroxyl groups is 2. The van der Waals surface area contributed by atoms with Crippen molar-refractivity contribution in [3.63, 3.8) is 0 Å². The number of benzene rings is 1. The third kappa shape index (κ3) is 1.94. The summed E-state index contributed by atoms with van der Waals surface area (Å²) in [6.07, 6.45) is 2.34. The molecule has 1 aromatic carbocycles. The molecule has 2 rings (SSSR count). The summed E-state index contributed by atoms with van der Waals surface area (Å²) in [5.41, 5.74) is 1.71. The number of allylic oxidation sites excluding steroid dienone is 2. The van der Waals surface area contributed by atoms with Crippen molar-refractivity contribution in [1.29, 1.82) is 0 Å². The van der Waals surface area contributed by atoms with Crippen LogP contribution in [-0.4, -0.2) is 10.2 Å². The van der Waals surface area contributed by atoms with Crippen LogP contribution in [0.15, 0.2) is 24.3 Å². The van der Waals surface area contributed by atoms with Crippen LogP contribution >= 0.6 is 0 Å². The predicted octanol–water partition coefficient (Wildman–Crippen LogP) is 2.27. The van der Waals surface area contributed by atoms with Crippen LogP contribution in [0.25, 0.3) is 5.57 Å². The number of hydrogen-bond donors (Lipinski definition) is 2. The van der Waals surface area contributed by atoms with E-state index < -0.39 is 0 Å². The maximum Gasteiger partial charge on any atom is 0.126 e. The molecule has 0 fully saturated rings. The van der Waals surface area contributed by atoms with Crippen molar-refractivity contribution in [2.24, 2.45) is 0 Å². The van der Waals surface area contributed by atoms with Gasteiger partial charge in [-0.2, -0.15) is 0 Å². The van der Waals surface area contributed by atoms with E-state index in [0.29, 0.717) is 6.42 Å². The fourth-order valence-electron chi connectivity index (χ4n) is 1.23. The molecule has 0 bridgehead atoms. The summed E-state index contributed by atoms with van der Waals surface area (Å²) in [6, 6.07) is 4.52. The normalized spacial score (nSPS) is 20.8. The van der Waals surface area contributed by atoms with Gasteiger partial charge in [0.1, 0.15) is 11.5 Å². The van der Waals surface area contributed by atoms with Crippen LogP contribution in [-0.2, 0) is 21.1 Å². The molecule has 68 valence electrons. The summed E-state index contributed by atoms with van der Waals surface area (Å²) in [6.45, 7) is 0. The van der Waals surface area contributed by atoms with Gasteiger partial charge < -0.3 is 10.2 Å². The van der Waals surface area contributed by atoms with E-state index in [0.717, 1.165) is 11.1 Å². The first kappa shape index (κ1) is 8.83. The molecule has 0 spiro atoms. The smallest absolute Gasteiger partial charge is 0.126 e. The molecule has 0 radical (unpaired) electrons. The first-order valence-corrected chi connectivity index (χ1v) is 3.82. The van der Waals surface area contributed by atoms with E-state index in [1.807, 2.05) is 0 Å². The summed E-state index contributed by atoms with van der Waals surface area (Å²) < 4.78 is 7.30. The molecular weight excluding hydrogens is 336 g/mol. The van der Waals surface area contributed by atoms with Gasteiger partial charge in [0.25, 0.3) is 0 Å². The van der Waals surface area contributed by atoms with Gasteiger partial charge in [-0.3, -0.25) is 0 Å². The molecule has 2 N–H and O–H groups in total. The summed E-state index contributed by atoms with van der Waals surface area (Å²) in [4.78, 5) is 0. The summed E-state index contributed by atoms with van der Waals surface area (Å²) >= 11 is 0. The van der Waals surface area contributed by atoms with Gasteiger partial charge >= 0.3 is 0 Å². The van der Waals surface area contributed by atoms with Gasteiger partial charge in [-0.25, -0.2) is 0 Å². The Balaban J connectivity index is 0.000000980. The largest absolute Gasteiger partial charge is 0.508 e. The maximum atomic E-state index is 9.45. The topological polar surface area (TPSA) is 40.5 Å². The van der Waals surface area contributed by atoms with Gasteiger partial charge in [-0.1, -0.05) is 6.08 Å². The first-order chi connectivity index (χ1) is 6.16. The van der Waals surface area contributed by atoms with E-state index in [4.69, 9.17) is 6.48 Å². The zero-order valence-corrected chi connectivity index (χ0v) is 9.83. The fraction of sp³-hybridized carbons (Fsp3) is 0.200. The number of rotatable bonds is 1. The Hall–Kier alpha value is -0.752. The Morgan fingerprint density at radius 1 is 1.31 bits per heavy atom. The second-order valence-corrected chi connectivity index (χ2v) is 2.83. The first-order valence-electron chi connectivity index (χ1n) is 4.40. The Labute approximate surface area is 92.6 Å². The Bertz CT molecular complexity index is 376. The van der Waals surface area contributed by atoms with Crippen LogP contribution in [0.4, 0.5) is 0 Å². The van der Waals surface area contributed by atoms with Crippen LogP contribution in [0.5, 0.6) is 11.5 Å². The van der Waals surface area contributed by atoms with Crippen molar-refractivity contribution in [3.8, 4) is 11.5 Å². The third-order valence-electron chi connectivity index (χ3n) is 1.98. The van der Waals surface area contributed by atoms with Gasteiger partial charge in [-0.15, -0.1) is 0 Å². The van der Waals surface area contributed by atoms with E-state index >= 15 is 0 Å². The standard InChI is InChI=1S/C10H10O2.W/c11-8-4-5-9(10(12)6-8)7-2-1-3-7;/h2,4-6,11-12H,1,3H2;/i1T;. The molecule has 1 atom stereocenters. The van der Waals surface area contributed by atoms with Crippen molar-refractivity contribution in [3.05, 3.63) is 29.8 Å². The second kappa shape index (κ2) is 3.97. The number of hydrogen-bond acceptors (Lipinski definition) is 2. The molecule has 0 saturated heterocycles. The van der Waals surface area contributed by atoms with Crippen LogP contribution in [0.2, 0.25) is 0 Å². The van der Waals surface area contributed by atoms with Crippen molar-refractivity contribution in [2.75, 3.05) is 0 Å². The molecule has 1 aliphatic rings. The average molecular weight is 348 g/mol. The Morgan fingerprint density at radius 2 is 2.00 bits per heavy atom. The minimum atomic E-state index is -0.136. The van der Waals surface area contributed by atoms with Crippen molar-refractivity contribution in [2.45, 2.75) is 12.8 Å². The maximum absolute atomic E-state index is 9.45. The van der Waals surface area contributed by atoms with Gasteiger partial charge in [0.15, 0.2) is 0 Å². The quantitative estimate of drug-likeness (QED) is 0.818. The number of phenols is 2. The fourth-order valence-corrected chi connectivity index (χ4v) is 1.23. The molecule has 0 saturated carbocycles. The monoisotopic (exact) mass is 348 g/mol. The van der Waals surface area contributed by atoms with E-state index in [1.165, 1.54) is 12.1 Å². The van der Waals surface area contributed by atoms with E-state index in [9.17, 15) is 5.11 Å². The van der Waals surface area contributed by atoms with Crippen molar-refractivity contribution >= 4 is 5.57 Å². The summed E-state index contributed by atoms with van der Waals surface area (Å²) in [5, 5.41) is 18.5. The molecule has 0 amide bonds. The third-order valence-corrected chi connectivity index (χ3v) is 1.98. The molecular formula is C10H10O2W. The second-order valence-electron chi connectivity index (χ2n) is 2.83. The number of phenolic OH excluding ortho intramolecular Hbond substituents is 2. The molecule has 13 heavy (non-hydrogen) atoms. The molecule has 3 heteroatoms. The minimum absolute atomic E-state index is 0. The van der Waals surface area contributed by atoms with Gasteiger partial charge in [-0.05, 0) is 30.5 Å². The zero-order valence-electron chi connectivity index (χ0n) is 7.90. The van der Waals surface area contributed by atoms with Gasteiger partial charge in [0.05, 0.1) is 0 Å². The van der Waals surface area contributed by atoms with E-state index in [1.54, 1.807) is 12.1 Å². The van der Waals surface area contributed by atoms with Gasteiger partial charge in [0.2, 0.25) is 0 Å². The SMILES string of the molecule is [3H]C1C=C(c2ccc(O)cc2O)C1.[W]. The van der Waals surface area contributed by atoms with Crippen LogP contribution < -0.4 is 0 Å². The summed E-state index contributed by atoms with van der Waals surface area (Å²) in [7, 11) is 0. The van der Waals surface area contributed by atoms with Crippen LogP contribution in [0.3, 0.4) is 0 Å². The minimum Gasteiger partial charge on any atom is -0.508 e. The van der Waals surface area contributed by atoms with Crippen LogP contribution in [0.1, 0.15) is 19.8 Å². The molecule has 1 aromatic rings. The van der Waals surface area contributed by atoms with E-state index in [-0.39, 0.29) is 39.0 Å². The molecule has 0 heterocycles. The average Bonchev–Trinajstić information content (AvgIpc) is 2.00.